The highest BCUT2D eigenvalue weighted by Gasteiger charge is 2.31. The molecule has 0 spiro atoms. The average Bonchev–Trinajstić information content (AvgIpc) is 3.37. The van der Waals surface area contributed by atoms with Crippen molar-refractivity contribution >= 4 is 28.9 Å². The van der Waals surface area contributed by atoms with Gasteiger partial charge in [-0.3, -0.25) is 4.98 Å². The van der Waals surface area contributed by atoms with Gasteiger partial charge in [-0.1, -0.05) is 0 Å². The van der Waals surface area contributed by atoms with E-state index in [0.29, 0.717) is 23.1 Å². The topological polar surface area (TPSA) is 111 Å². The van der Waals surface area contributed by atoms with E-state index in [1.165, 1.54) is 10.6 Å². The number of fused-ring (bicyclic) bond motifs is 1. The van der Waals surface area contributed by atoms with Crippen molar-refractivity contribution in [1.29, 1.82) is 0 Å². The maximum Gasteiger partial charge on any atom is 0.267 e. The van der Waals surface area contributed by atoms with E-state index < -0.39 is 0 Å². The third-order valence-corrected chi connectivity index (χ3v) is 4.87. The molecule has 0 aliphatic carbocycles. The van der Waals surface area contributed by atoms with E-state index in [2.05, 4.69) is 55.8 Å². The Kier molecular flexibility index (Phi) is 5.98. The number of benzene rings is 1. The van der Waals surface area contributed by atoms with E-state index in [1.54, 1.807) is 18.6 Å². The summed E-state index contributed by atoms with van der Waals surface area (Å²) in [6, 6.07) is 6.05. The lowest BCUT2D eigenvalue weighted by Gasteiger charge is -2.21. The molecule has 0 bridgehead atoms. The highest BCUT2D eigenvalue weighted by molar-refractivity contribution is 6.46. The quantitative estimate of drug-likeness (QED) is 0.337. The molecule has 0 fully saturated rings. The predicted octanol–water partition coefficient (Wildman–Crippen LogP) is 2.70. The minimum atomic E-state index is 0.148. The summed E-state index contributed by atoms with van der Waals surface area (Å²) in [5, 5.41) is 12.8. The molecule has 1 aliphatic heterocycles. The van der Waals surface area contributed by atoms with E-state index in [9.17, 15) is 4.79 Å². The van der Waals surface area contributed by atoms with Gasteiger partial charge in [0.1, 0.15) is 12.0 Å². The van der Waals surface area contributed by atoms with Gasteiger partial charge in [-0.05, 0) is 44.5 Å². The molecule has 32 heavy (non-hydrogen) atoms. The molecule has 3 heterocycles. The number of ether oxygens (including phenoxy) is 1. The lowest BCUT2D eigenvalue weighted by atomic mass is 10.1. The Balaban J connectivity index is 1.78. The Labute approximate surface area is 184 Å². The van der Waals surface area contributed by atoms with Gasteiger partial charge in [0.2, 0.25) is 11.6 Å². The standard InChI is InChI=1S/C22H20N8O2/c1-4-29(5-2)16-7-8-17(15(3)13-16)25-19-21-27-26-20(18-14-23-9-10-24-18)30(21)28-22(19)32-12-6-11-31/h7-10,12-14H,4-5H2,1-3H3. The zero-order valence-corrected chi connectivity index (χ0v) is 17.8. The second-order valence-corrected chi connectivity index (χ2v) is 6.74. The van der Waals surface area contributed by atoms with E-state index in [4.69, 9.17) is 9.73 Å². The SMILES string of the molecule is CCN(CC)c1ccc(N=C2C(OC=C=C=O)=Nn3c2nnc3-c2cnccn2)c(C)c1. The molecule has 160 valence electrons. The summed E-state index contributed by atoms with van der Waals surface area (Å²) in [5.41, 5.74) is 5.92. The van der Waals surface area contributed by atoms with Gasteiger partial charge in [-0.15, -0.1) is 15.3 Å². The molecule has 10 heteroatoms. The highest BCUT2D eigenvalue weighted by Crippen LogP contribution is 2.28. The third-order valence-electron chi connectivity index (χ3n) is 4.87. The normalized spacial score (nSPS) is 13.2. The number of rotatable bonds is 6. The molecule has 0 saturated carbocycles. The molecule has 0 radical (unpaired) electrons. The van der Waals surface area contributed by atoms with Crippen LogP contribution in [0, 0.1) is 6.92 Å². The van der Waals surface area contributed by atoms with Crippen LogP contribution in [0.2, 0.25) is 0 Å². The smallest absolute Gasteiger partial charge is 0.267 e. The first kappa shape index (κ1) is 20.9. The van der Waals surface area contributed by atoms with Crippen molar-refractivity contribution in [2.24, 2.45) is 10.1 Å². The van der Waals surface area contributed by atoms with E-state index in [0.717, 1.165) is 36.3 Å². The Morgan fingerprint density at radius 1 is 1.19 bits per heavy atom. The van der Waals surface area contributed by atoms with Crippen LogP contribution < -0.4 is 4.90 Å². The zero-order chi connectivity index (χ0) is 22.5. The van der Waals surface area contributed by atoms with Crippen molar-refractivity contribution in [2.75, 3.05) is 18.0 Å². The van der Waals surface area contributed by atoms with Gasteiger partial charge in [-0.25, -0.2) is 14.8 Å². The number of carbonyl (C=O) groups excluding carboxylic acids is 1. The Bertz CT molecular complexity index is 1280. The summed E-state index contributed by atoms with van der Waals surface area (Å²) in [7, 11) is 0. The summed E-state index contributed by atoms with van der Waals surface area (Å²) >= 11 is 0. The Hall–Kier alpha value is -4.39. The number of nitrogens with zero attached hydrogens (tertiary/aromatic N) is 8. The summed E-state index contributed by atoms with van der Waals surface area (Å²) in [5.74, 6) is 2.44. The van der Waals surface area contributed by atoms with Crippen LogP contribution in [-0.2, 0) is 9.53 Å². The van der Waals surface area contributed by atoms with Crippen molar-refractivity contribution in [1.82, 2.24) is 24.8 Å². The molecule has 0 amide bonds. The van der Waals surface area contributed by atoms with Crippen molar-refractivity contribution in [2.45, 2.75) is 20.8 Å². The molecular formula is C22H20N8O2. The molecule has 0 N–H and O–H groups in total. The van der Waals surface area contributed by atoms with E-state index >= 15 is 0 Å². The molecule has 1 aromatic carbocycles. The first-order valence-corrected chi connectivity index (χ1v) is 10.0. The van der Waals surface area contributed by atoms with Gasteiger partial charge < -0.3 is 9.64 Å². The van der Waals surface area contributed by atoms with Crippen LogP contribution in [0.25, 0.3) is 11.5 Å². The number of anilines is 1. The largest absolute Gasteiger partial charge is 0.435 e. The minimum Gasteiger partial charge on any atom is -0.435 e. The second-order valence-electron chi connectivity index (χ2n) is 6.74. The fourth-order valence-corrected chi connectivity index (χ4v) is 3.29. The third kappa shape index (κ3) is 3.96. The fourth-order valence-electron chi connectivity index (χ4n) is 3.29. The lowest BCUT2D eigenvalue weighted by molar-refractivity contribution is 0.479. The number of hydrogen-bond donors (Lipinski definition) is 0. The number of hydrogen-bond acceptors (Lipinski definition) is 9. The van der Waals surface area contributed by atoms with Gasteiger partial charge >= 0.3 is 0 Å². The number of aliphatic imine (C=N–C) groups is 1. The van der Waals surface area contributed by atoms with Crippen LogP contribution in [0.1, 0.15) is 25.2 Å². The molecule has 4 rings (SSSR count). The van der Waals surface area contributed by atoms with Gasteiger partial charge in [0.15, 0.2) is 11.7 Å². The summed E-state index contributed by atoms with van der Waals surface area (Å²) in [6.45, 7) is 8.06. The van der Waals surface area contributed by atoms with Crippen LogP contribution >= 0.6 is 0 Å². The summed E-state index contributed by atoms with van der Waals surface area (Å²) in [6.07, 6.45) is 5.75. The van der Waals surface area contributed by atoms with Gasteiger partial charge in [0, 0.05) is 36.9 Å². The van der Waals surface area contributed by atoms with E-state index in [1.807, 2.05) is 19.1 Å². The van der Waals surface area contributed by atoms with Crippen LogP contribution in [0.15, 0.2) is 58.9 Å². The summed E-state index contributed by atoms with van der Waals surface area (Å²) < 4.78 is 6.97. The average molecular weight is 428 g/mol. The minimum absolute atomic E-state index is 0.148. The zero-order valence-electron chi connectivity index (χ0n) is 17.8. The van der Waals surface area contributed by atoms with Crippen LogP contribution in [0.5, 0.6) is 0 Å². The monoisotopic (exact) mass is 428 g/mol. The lowest BCUT2D eigenvalue weighted by Crippen LogP contribution is -2.21. The van der Waals surface area contributed by atoms with Crippen LogP contribution in [0.4, 0.5) is 11.4 Å². The van der Waals surface area contributed by atoms with Crippen molar-refractivity contribution in [3.8, 4) is 11.5 Å². The summed E-state index contributed by atoms with van der Waals surface area (Å²) in [4.78, 5) is 25.8. The first-order chi connectivity index (χ1) is 15.7. The highest BCUT2D eigenvalue weighted by atomic mass is 16.5. The maximum absolute atomic E-state index is 10.5. The fraction of sp³-hybridized carbons (Fsp3) is 0.227. The molecule has 0 unspecified atom stereocenters. The van der Waals surface area contributed by atoms with Gasteiger partial charge in [0.05, 0.1) is 11.9 Å². The van der Waals surface area contributed by atoms with Crippen LogP contribution in [-0.4, -0.2) is 55.5 Å². The molecule has 0 saturated heterocycles. The second kappa shape index (κ2) is 9.18. The molecular weight excluding hydrogens is 408 g/mol. The maximum atomic E-state index is 10.5. The Morgan fingerprint density at radius 3 is 2.69 bits per heavy atom. The van der Waals surface area contributed by atoms with Crippen molar-refractivity contribution in [3.05, 3.63) is 60.2 Å². The number of aromatic nitrogens is 5. The first-order valence-electron chi connectivity index (χ1n) is 10.0. The van der Waals surface area contributed by atoms with Gasteiger partial charge in [0.25, 0.3) is 5.90 Å². The van der Waals surface area contributed by atoms with Crippen molar-refractivity contribution < 1.29 is 9.53 Å². The number of aryl methyl sites for hydroxylation is 1. The Morgan fingerprint density at radius 2 is 2.00 bits per heavy atom. The van der Waals surface area contributed by atoms with Crippen molar-refractivity contribution in [3.63, 3.8) is 0 Å². The van der Waals surface area contributed by atoms with Gasteiger partial charge in [-0.2, -0.15) is 4.68 Å². The van der Waals surface area contributed by atoms with Crippen LogP contribution in [0.3, 0.4) is 0 Å². The molecule has 2 aromatic heterocycles. The molecule has 10 nitrogen and oxygen atoms in total. The molecule has 1 aliphatic rings. The van der Waals surface area contributed by atoms with E-state index in [-0.39, 0.29) is 5.90 Å². The predicted molar refractivity (Wildman–Crippen MR) is 120 cm³/mol. The molecule has 3 aromatic rings. The molecule has 0 atom stereocenters.